The van der Waals surface area contributed by atoms with Crippen LogP contribution in [0.15, 0.2) is 47.6 Å². The van der Waals surface area contributed by atoms with Crippen LogP contribution in [0.4, 0.5) is 0 Å². The minimum atomic E-state index is -1.99. The highest BCUT2D eigenvalue weighted by atomic mass is 16.7. The third-order valence-electron chi connectivity index (χ3n) is 9.90. The first-order valence-corrected chi connectivity index (χ1v) is 16.1. The number of aliphatic hydroxyl groups excluding tert-OH is 3. The quantitative estimate of drug-likeness (QED) is 0.267. The SMILES string of the molecule is COC1=C2NC(=O)/C(C)=C\C=C\[C@H](C)[C@H](O)[C@@H](C)[C@@H](O)[C@@H](C)[C@H](O)[C@H](C)[C@@H](OC)/C=C/O[C@@]3(C)Oc4c(C)c(O)c(c(c4C3=O)C1=N)C2=O. The summed E-state index contributed by atoms with van der Waals surface area (Å²) < 4.78 is 22.8. The van der Waals surface area contributed by atoms with Crippen molar-refractivity contribution >= 4 is 23.2 Å². The molecule has 13 nitrogen and oxygen atoms in total. The van der Waals surface area contributed by atoms with Crippen LogP contribution in [0.25, 0.3) is 0 Å². The fraction of sp³-hybridized carbons (Fsp3) is 0.500. The van der Waals surface area contributed by atoms with Gasteiger partial charge >= 0.3 is 5.79 Å². The molecule has 0 saturated carbocycles. The Bertz CT molecular complexity index is 1670. The number of benzene rings is 1. The van der Waals surface area contributed by atoms with E-state index in [-0.39, 0.29) is 39.3 Å². The summed E-state index contributed by atoms with van der Waals surface area (Å²) >= 11 is 0. The summed E-state index contributed by atoms with van der Waals surface area (Å²) in [5.41, 5.74) is -1.42. The number of carbonyl (C=O) groups is 3. The molecule has 3 heterocycles. The maximum atomic E-state index is 14.0. The number of ketones is 2. The van der Waals surface area contributed by atoms with Crippen molar-refractivity contribution in [3.05, 3.63) is 69.8 Å². The van der Waals surface area contributed by atoms with Gasteiger partial charge in [0.1, 0.15) is 22.9 Å². The molecule has 5 bridgehead atoms. The highest BCUT2D eigenvalue weighted by Crippen LogP contribution is 2.48. The number of Topliss-reactive ketones (excluding diaryl/α,β-unsaturated/α-hetero) is 2. The lowest BCUT2D eigenvalue weighted by Crippen LogP contribution is -2.45. The molecule has 0 fully saturated rings. The van der Waals surface area contributed by atoms with E-state index in [4.69, 9.17) is 24.4 Å². The Kier molecular flexibility index (Phi) is 10.9. The summed E-state index contributed by atoms with van der Waals surface area (Å²) in [4.78, 5) is 41.1. The van der Waals surface area contributed by atoms with Gasteiger partial charge in [0.05, 0.1) is 48.9 Å². The van der Waals surface area contributed by atoms with Crippen LogP contribution in [0.2, 0.25) is 0 Å². The lowest BCUT2D eigenvalue weighted by molar-refractivity contribution is -0.116. The first-order valence-electron chi connectivity index (χ1n) is 16.1. The maximum absolute atomic E-state index is 14.0. The molecule has 0 saturated heterocycles. The Morgan fingerprint density at radius 3 is 2.12 bits per heavy atom. The average molecular weight is 683 g/mol. The number of hydrogen-bond donors (Lipinski definition) is 6. The number of rotatable bonds is 2. The van der Waals surface area contributed by atoms with Gasteiger partial charge in [-0.05, 0) is 19.9 Å². The Morgan fingerprint density at radius 2 is 1.51 bits per heavy atom. The number of allylic oxidation sites excluding steroid dienone is 4. The number of methoxy groups -OCH3 is 2. The molecule has 6 N–H and O–H groups in total. The van der Waals surface area contributed by atoms with Crippen LogP contribution in [0, 0.1) is 36.0 Å². The minimum Gasteiger partial charge on any atom is -0.507 e. The van der Waals surface area contributed by atoms with Crippen LogP contribution in [0.5, 0.6) is 11.5 Å². The van der Waals surface area contributed by atoms with Gasteiger partial charge in [-0.1, -0.05) is 45.9 Å². The van der Waals surface area contributed by atoms with Crippen molar-refractivity contribution < 1.29 is 53.8 Å². The summed E-state index contributed by atoms with van der Waals surface area (Å²) in [6.07, 6.45) is 3.40. The van der Waals surface area contributed by atoms with E-state index >= 15 is 0 Å². The van der Waals surface area contributed by atoms with E-state index in [9.17, 15) is 34.8 Å². The van der Waals surface area contributed by atoms with Gasteiger partial charge in [0.2, 0.25) is 5.78 Å². The van der Waals surface area contributed by atoms with Crippen molar-refractivity contribution in [3.63, 3.8) is 0 Å². The number of ether oxygens (including phenoxy) is 4. The van der Waals surface area contributed by atoms with E-state index in [0.29, 0.717) is 0 Å². The molecule has 1 aromatic carbocycles. The van der Waals surface area contributed by atoms with Gasteiger partial charge in [-0.15, -0.1) is 0 Å². The van der Waals surface area contributed by atoms with E-state index < -0.39 is 88.5 Å². The molecule has 13 heteroatoms. The van der Waals surface area contributed by atoms with E-state index in [2.05, 4.69) is 5.32 Å². The molecule has 5 rings (SSSR count). The number of aliphatic hydroxyl groups is 3. The standard InChI is InChI=1S/C36H46N2O11/c1-15-11-10-12-16(2)35(45)38-26-31(43)23-22(25(37)33(26)47-9)24-32(20(6)30(23)42)49-36(7,34(24)44)48-14-13-21(46-8)17(3)28(40)19(5)29(41)18(4)27(15)39/h10-15,17-19,21,27-29,37,39-42H,1-9H3,(H,38,45)/b11-10+,14-13+,16-12-,37-25?/t15-,17+,18+,19-,21-,27-,28+,29+,36-/m0/s1. The number of carbonyl (C=O) groups excluding carboxylic acids is 3. The second-order valence-electron chi connectivity index (χ2n) is 13.2. The predicted octanol–water partition coefficient (Wildman–Crippen LogP) is 3.22. The zero-order chi connectivity index (χ0) is 36.7. The van der Waals surface area contributed by atoms with Gasteiger partial charge in [0, 0.05) is 54.4 Å². The first kappa shape index (κ1) is 37.5. The molecule has 266 valence electrons. The van der Waals surface area contributed by atoms with Gasteiger partial charge in [-0.2, -0.15) is 0 Å². The number of phenolic OH excluding ortho intramolecular Hbond substituents is 1. The molecule has 9 atom stereocenters. The fourth-order valence-corrected chi connectivity index (χ4v) is 6.51. The van der Waals surface area contributed by atoms with E-state index in [1.807, 2.05) is 0 Å². The van der Waals surface area contributed by atoms with Gasteiger partial charge in [0.15, 0.2) is 5.76 Å². The predicted molar refractivity (Wildman–Crippen MR) is 178 cm³/mol. The maximum Gasteiger partial charge on any atom is 0.312 e. The van der Waals surface area contributed by atoms with Crippen LogP contribution in [0.1, 0.15) is 73.4 Å². The molecule has 0 radical (unpaired) electrons. The molecule has 4 aliphatic rings. The highest BCUT2D eigenvalue weighted by molar-refractivity contribution is 6.32. The number of hydrogen-bond acceptors (Lipinski definition) is 12. The topological polar surface area (TPSA) is 205 Å². The summed E-state index contributed by atoms with van der Waals surface area (Å²) in [7, 11) is 2.63. The second kappa shape index (κ2) is 14.3. The first-order chi connectivity index (χ1) is 22.9. The Labute approximate surface area is 285 Å². The Balaban J connectivity index is 1.86. The van der Waals surface area contributed by atoms with Crippen molar-refractivity contribution in [1.29, 1.82) is 5.41 Å². The molecular weight excluding hydrogens is 636 g/mol. The van der Waals surface area contributed by atoms with Gasteiger partial charge in [0.25, 0.3) is 11.7 Å². The number of nitrogens with one attached hydrogen (secondary N) is 2. The van der Waals surface area contributed by atoms with Crippen LogP contribution < -0.4 is 10.1 Å². The Hall–Kier alpha value is -4.30. The van der Waals surface area contributed by atoms with Gasteiger partial charge in [-0.3, -0.25) is 19.8 Å². The molecule has 1 amide bonds. The third kappa shape index (κ3) is 6.55. The average Bonchev–Trinajstić information content (AvgIpc) is 3.34. The van der Waals surface area contributed by atoms with Crippen molar-refractivity contribution in [2.24, 2.45) is 23.7 Å². The Morgan fingerprint density at radius 1 is 0.898 bits per heavy atom. The van der Waals surface area contributed by atoms with Crippen LogP contribution in [-0.4, -0.2) is 88.0 Å². The van der Waals surface area contributed by atoms with E-state index in [0.717, 1.165) is 0 Å². The van der Waals surface area contributed by atoms with Crippen LogP contribution in [-0.2, 0) is 19.0 Å². The highest BCUT2D eigenvalue weighted by Gasteiger charge is 2.52. The lowest BCUT2D eigenvalue weighted by Gasteiger charge is -2.36. The van der Waals surface area contributed by atoms with Crippen LogP contribution >= 0.6 is 0 Å². The molecule has 49 heavy (non-hydrogen) atoms. The van der Waals surface area contributed by atoms with Crippen molar-refractivity contribution in [3.8, 4) is 11.5 Å². The minimum absolute atomic E-state index is 0.0439. The number of phenols is 1. The smallest absolute Gasteiger partial charge is 0.312 e. The van der Waals surface area contributed by atoms with E-state index in [1.165, 1.54) is 53.4 Å². The number of fused-ring (bicyclic) bond motifs is 14. The normalized spacial score (nSPS) is 35.2. The summed E-state index contributed by atoms with van der Waals surface area (Å²) in [6.45, 7) is 11.1. The molecular formula is C36H46N2O11. The fourth-order valence-electron chi connectivity index (χ4n) is 6.51. The summed E-state index contributed by atoms with van der Waals surface area (Å²) in [6, 6.07) is 0. The van der Waals surface area contributed by atoms with Crippen molar-refractivity contribution in [2.45, 2.75) is 78.7 Å². The molecule has 1 aliphatic carbocycles. The number of amides is 1. The largest absolute Gasteiger partial charge is 0.507 e. The zero-order valence-electron chi connectivity index (χ0n) is 29.2. The molecule has 0 spiro atoms. The third-order valence-corrected chi connectivity index (χ3v) is 9.90. The van der Waals surface area contributed by atoms with E-state index in [1.54, 1.807) is 39.8 Å². The molecule has 1 aromatic rings. The number of aromatic hydroxyl groups is 1. The monoisotopic (exact) mass is 682 g/mol. The lowest BCUT2D eigenvalue weighted by atomic mass is 9.78. The molecule has 3 aliphatic heterocycles. The molecule has 0 aromatic heterocycles. The van der Waals surface area contributed by atoms with Crippen LogP contribution in [0.3, 0.4) is 0 Å². The van der Waals surface area contributed by atoms with Crippen molar-refractivity contribution in [2.75, 3.05) is 14.2 Å². The summed E-state index contributed by atoms with van der Waals surface area (Å²) in [5, 5.41) is 56.1. The van der Waals surface area contributed by atoms with Gasteiger partial charge in [-0.25, -0.2) is 0 Å². The van der Waals surface area contributed by atoms with Gasteiger partial charge < -0.3 is 44.7 Å². The summed E-state index contributed by atoms with van der Waals surface area (Å²) in [5.74, 6) is -7.67. The second-order valence-corrected chi connectivity index (χ2v) is 13.2. The zero-order valence-corrected chi connectivity index (χ0v) is 29.2. The molecule has 0 unspecified atom stereocenters. The van der Waals surface area contributed by atoms with Crippen molar-refractivity contribution in [1.82, 2.24) is 5.32 Å².